The van der Waals surface area contributed by atoms with Crippen LogP contribution in [0.25, 0.3) is 0 Å². The van der Waals surface area contributed by atoms with E-state index < -0.39 is 24.6 Å². The zero-order chi connectivity index (χ0) is 13.4. The lowest BCUT2D eigenvalue weighted by atomic mass is 10.0. The van der Waals surface area contributed by atoms with Crippen molar-refractivity contribution in [1.29, 1.82) is 0 Å². The molecular weight excluding hydrogens is 230 g/mol. The molecule has 0 aromatic heterocycles. The van der Waals surface area contributed by atoms with Gasteiger partial charge >= 0.3 is 0 Å². The van der Waals surface area contributed by atoms with Gasteiger partial charge in [0.1, 0.15) is 12.2 Å². The predicted octanol–water partition coefficient (Wildman–Crippen LogP) is -1.66. The Kier molecular flexibility index (Phi) is 8.01. The minimum Gasteiger partial charge on any atom is -0.394 e. The van der Waals surface area contributed by atoms with E-state index in [0.717, 1.165) is 0 Å². The summed E-state index contributed by atoms with van der Waals surface area (Å²) in [5.74, 6) is 0. The number of carbonyl (C=O) groups excluding carboxylic acids is 1. The first-order valence-electron chi connectivity index (χ1n) is 5.39. The van der Waals surface area contributed by atoms with Crippen molar-refractivity contribution in [3.05, 3.63) is 0 Å². The molecule has 4 atom stereocenters. The number of nitrogens with two attached hydrogens (primary N) is 1. The Hall–Kier alpha value is -0.730. The zero-order valence-electron chi connectivity index (χ0n) is 10.0. The van der Waals surface area contributed by atoms with E-state index in [9.17, 15) is 10.2 Å². The normalized spacial score (nSPS) is 32.8. The molecule has 0 spiro atoms. The van der Waals surface area contributed by atoms with Gasteiger partial charge in [-0.1, -0.05) is 0 Å². The van der Waals surface area contributed by atoms with E-state index in [-0.39, 0.29) is 25.5 Å². The lowest BCUT2D eigenvalue weighted by Gasteiger charge is -2.36. The quantitative estimate of drug-likeness (QED) is 0.445. The minimum absolute atomic E-state index is 0.0122. The fraction of sp³-hybridized carbons (Fsp3) is 0.900. The van der Waals surface area contributed by atoms with Crippen LogP contribution in [0.5, 0.6) is 0 Å². The first-order valence-corrected chi connectivity index (χ1v) is 5.39. The van der Waals surface area contributed by atoms with E-state index in [2.05, 4.69) is 5.73 Å². The fourth-order valence-corrected chi connectivity index (χ4v) is 1.46. The van der Waals surface area contributed by atoms with Crippen molar-refractivity contribution >= 4 is 6.41 Å². The summed E-state index contributed by atoms with van der Waals surface area (Å²) >= 11 is 0. The Morgan fingerprint density at radius 3 is 2.47 bits per heavy atom. The van der Waals surface area contributed by atoms with Crippen LogP contribution in [0.15, 0.2) is 0 Å². The molecule has 0 bridgehead atoms. The van der Waals surface area contributed by atoms with Crippen LogP contribution >= 0.6 is 0 Å². The van der Waals surface area contributed by atoms with E-state index >= 15 is 0 Å². The second kappa shape index (κ2) is 8.37. The summed E-state index contributed by atoms with van der Waals surface area (Å²) in [6.07, 6.45) is -2.78. The standard InChI is InChI=1S/C9H18O5.CH3NO/c1-5(2)13-8-3-6(11)9(12)7(4-10)14-8;2-1-3/h5-12H,3-4H2,1-2H3;1H,(H2,2,3). The van der Waals surface area contributed by atoms with Gasteiger partial charge in [-0.15, -0.1) is 0 Å². The highest BCUT2D eigenvalue weighted by molar-refractivity contribution is 5.42. The molecular formula is C10H21NO6. The summed E-state index contributed by atoms with van der Waals surface area (Å²) in [5.41, 5.74) is 4.17. The van der Waals surface area contributed by atoms with E-state index in [1.54, 1.807) is 0 Å². The third-order valence-electron chi connectivity index (χ3n) is 2.14. The van der Waals surface area contributed by atoms with Gasteiger partial charge in [-0.25, -0.2) is 0 Å². The second-order valence-corrected chi connectivity index (χ2v) is 3.90. The highest BCUT2D eigenvalue weighted by Gasteiger charge is 2.36. The Balaban J connectivity index is 0.000000770. The van der Waals surface area contributed by atoms with Gasteiger partial charge in [0, 0.05) is 6.42 Å². The highest BCUT2D eigenvalue weighted by atomic mass is 16.7. The zero-order valence-corrected chi connectivity index (χ0v) is 10.0. The van der Waals surface area contributed by atoms with Gasteiger partial charge in [-0.05, 0) is 13.8 Å². The number of aliphatic hydroxyl groups excluding tert-OH is 3. The number of ether oxygens (including phenoxy) is 2. The van der Waals surface area contributed by atoms with Gasteiger partial charge in [-0.3, -0.25) is 4.79 Å². The van der Waals surface area contributed by atoms with Crippen LogP contribution in [-0.2, 0) is 14.3 Å². The Labute approximate surface area is 100 Å². The molecule has 0 radical (unpaired) electrons. The Morgan fingerprint density at radius 1 is 1.53 bits per heavy atom. The summed E-state index contributed by atoms with van der Waals surface area (Å²) in [5, 5.41) is 27.7. The number of carbonyl (C=O) groups is 1. The number of hydrogen-bond acceptors (Lipinski definition) is 6. The average molecular weight is 251 g/mol. The molecule has 1 fully saturated rings. The maximum absolute atomic E-state index is 9.44. The van der Waals surface area contributed by atoms with E-state index in [1.807, 2.05) is 13.8 Å². The largest absolute Gasteiger partial charge is 0.394 e. The van der Waals surface area contributed by atoms with Gasteiger partial charge in [0.15, 0.2) is 6.29 Å². The van der Waals surface area contributed by atoms with E-state index in [1.165, 1.54) is 0 Å². The van der Waals surface area contributed by atoms with Crippen LogP contribution in [0.2, 0.25) is 0 Å². The fourth-order valence-electron chi connectivity index (χ4n) is 1.46. The molecule has 7 heteroatoms. The van der Waals surface area contributed by atoms with E-state index in [4.69, 9.17) is 19.4 Å². The summed E-state index contributed by atoms with van der Waals surface area (Å²) in [6, 6.07) is 0. The molecule has 102 valence electrons. The predicted molar refractivity (Wildman–Crippen MR) is 58.8 cm³/mol. The van der Waals surface area contributed by atoms with Crippen molar-refractivity contribution < 1.29 is 29.6 Å². The molecule has 0 aromatic rings. The summed E-state index contributed by atoms with van der Waals surface area (Å²) in [7, 11) is 0. The molecule has 0 aliphatic carbocycles. The van der Waals surface area contributed by atoms with Gasteiger partial charge in [0.25, 0.3) is 0 Å². The van der Waals surface area contributed by atoms with Crippen molar-refractivity contribution in [3.8, 4) is 0 Å². The van der Waals surface area contributed by atoms with Crippen LogP contribution in [0.3, 0.4) is 0 Å². The van der Waals surface area contributed by atoms with Crippen molar-refractivity contribution in [2.45, 2.75) is 51.0 Å². The van der Waals surface area contributed by atoms with Gasteiger partial charge in [0.05, 0.1) is 18.8 Å². The van der Waals surface area contributed by atoms with Crippen LogP contribution in [0.1, 0.15) is 20.3 Å². The lowest BCUT2D eigenvalue weighted by Crippen LogP contribution is -2.50. The Bertz CT molecular complexity index is 213. The Morgan fingerprint density at radius 2 is 2.06 bits per heavy atom. The smallest absolute Gasteiger partial charge is 0.204 e. The lowest BCUT2D eigenvalue weighted by molar-refractivity contribution is -0.265. The number of hydrogen-bond donors (Lipinski definition) is 4. The number of aliphatic hydroxyl groups is 3. The SMILES string of the molecule is CC(C)OC1CC(O)C(O)C(CO)O1.NC=O. The molecule has 1 saturated heterocycles. The second-order valence-electron chi connectivity index (χ2n) is 3.90. The first-order chi connectivity index (χ1) is 7.96. The maximum Gasteiger partial charge on any atom is 0.204 e. The van der Waals surface area contributed by atoms with Crippen molar-refractivity contribution in [1.82, 2.24) is 0 Å². The molecule has 1 aliphatic rings. The minimum atomic E-state index is -1.04. The third-order valence-corrected chi connectivity index (χ3v) is 2.14. The molecule has 17 heavy (non-hydrogen) atoms. The van der Waals surface area contributed by atoms with Gasteiger partial charge < -0.3 is 30.5 Å². The molecule has 7 nitrogen and oxygen atoms in total. The summed E-state index contributed by atoms with van der Waals surface area (Å²) < 4.78 is 10.6. The van der Waals surface area contributed by atoms with Crippen molar-refractivity contribution in [3.63, 3.8) is 0 Å². The van der Waals surface area contributed by atoms with Crippen LogP contribution in [-0.4, -0.2) is 59.0 Å². The highest BCUT2D eigenvalue weighted by Crippen LogP contribution is 2.21. The number of rotatable bonds is 3. The number of amides is 1. The first kappa shape index (κ1) is 16.3. The molecule has 5 N–H and O–H groups in total. The third kappa shape index (κ3) is 5.94. The molecule has 1 aliphatic heterocycles. The van der Waals surface area contributed by atoms with E-state index in [0.29, 0.717) is 0 Å². The van der Waals surface area contributed by atoms with Gasteiger partial charge in [0.2, 0.25) is 6.41 Å². The molecule has 4 unspecified atom stereocenters. The van der Waals surface area contributed by atoms with Crippen LogP contribution in [0, 0.1) is 0 Å². The topological polar surface area (TPSA) is 122 Å². The molecule has 0 saturated carbocycles. The molecule has 0 aromatic carbocycles. The molecule has 1 rings (SSSR count). The molecule has 1 heterocycles. The monoisotopic (exact) mass is 251 g/mol. The van der Waals surface area contributed by atoms with Crippen LogP contribution in [0.4, 0.5) is 0 Å². The average Bonchev–Trinajstić information content (AvgIpc) is 2.23. The van der Waals surface area contributed by atoms with Crippen molar-refractivity contribution in [2.24, 2.45) is 5.73 Å². The summed E-state index contributed by atoms with van der Waals surface area (Å²) in [4.78, 5) is 8.58. The number of primary amides is 1. The van der Waals surface area contributed by atoms with Crippen LogP contribution < -0.4 is 5.73 Å². The van der Waals surface area contributed by atoms with Crippen molar-refractivity contribution in [2.75, 3.05) is 6.61 Å². The maximum atomic E-state index is 9.44. The van der Waals surface area contributed by atoms with Gasteiger partial charge in [-0.2, -0.15) is 0 Å². The summed E-state index contributed by atoms with van der Waals surface area (Å²) in [6.45, 7) is 3.39. The molecule has 1 amide bonds.